The summed E-state index contributed by atoms with van der Waals surface area (Å²) in [6.45, 7) is 1.45. The van der Waals surface area contributed by atoms with Crippen molar-refractivity contribution >= 4 is 0 Å². The second kappa shape index (κ2) is 6.23. The van der Waals surface area contributed by atoms with Gasteiger partial charge >= 0.3 is 6.18 Å². The Kier molecular flexibility index (Phi) is 4.30. The molecule has 0 amide bonds. The minimum absolute atomic E-state index is 0.0835. The zero-order valence-corrected chi connectivity index (χ0v) is 12.3. The smallest absolute Gasteiger partial charge is 0.311 e. The van der Waals surface area contributed by atoms with Gasteiger partial charge in [-0.1, -0.05) is 6.07 Å². The third-order valence-corrected chi connectivity index (χ3v) is 3.98. The van der Waals surface area contributed by atoms with Crippen LogP contribution >= 0.6 is 0 Å². The van der Waals surface area contributed by atoms with Crippen LogP contribution in [-0.2, 0) is 32.0 Å². The second-order valence-electron chi connectivity index (χ2n) is 5.47. The lowest BCUT2D eigenvalue weighted by molar-refractivity contribution is -0.138. The second-order valence-corrected chi connectivity index (χ2v) is 5.47. The highest BCUT2D eigenvalue weighted by atomic mass is 19.4. The standard InChI is InChI=1S/C16H15F4N3/c17-11-3-1-10(13(7-11)16(18,19)20)2-4-14-12-5-6-21-8-15(12)23-9-22-14/h1,3,7,9,21H,2,4-6,8H2. The molecule has 3 rings (SSSR count). The number of nitrogens with one attached hydrogen (secondary N) is 1. The normalized spacial score (nSPS) is 14.6. The molecule has 0 fully saturated rings. The van der Waals surface area contributed by atoms with Crippen molar-refractivity contribution in [2.45, 2.75) is 32.0 Å². The number of aromatic nitrogens is 2. The molecule has 23 heavy (non-hydrogen) atoms. The monoisotopic (exact) mass is 325 g/mol. The van der Waals surface area contributed by atoms with Gasteiger partial charge in [-0.15, -0.1) is 0 Å². The average Bonchev–Trinajstić information content (AvgIpc) is 2.53. The van der Waals surface area contributed by atoms with Gasteiger partial charge in [-0.3, -0.25) is 0 Å². The molecule has 0 spiro atoms. The molecule has 0 radical (unpaired) electrons. The maximum absolute atomic E-state index is 13.1. The van der Waals surface area contributed by atoms with Gasteiger partial charge in [0.25, 0.3) is 0 Å². The summed E-state index contributed by atoms with van der Waals surface area (Å²) in [5.74, 6) is -0.883. The third kappa shape index (κ3) is 3.50. The molecule has 1 aromatic heterocycles. The van der Waals surface area contributed by atoms with E-state index in [1.165, 1.54) is 12.4 Å². The fourth-order valence-corrected chi connectivity index (χ4v) is 2.85. The largest absolute Gasteiger partial charge is 0.416 e. The Morgan fingerprint density at radius 1 is 1.13 bits per heavy atom. The van der Waals surface area contributed by atoms with Gasteiger partial charge in [0.05, 0.1) is 11.3 Å². The summed E-state index contributed by atoms with van der Waals surface area (Å²) in [5, 5.41) is 3.20. The van der Waals surface area contributed by atoms with Crippen molar-refractivity contribution in [2.24, 2.45) is 0 Å². The molecule has 0 atom stereocenters. The van der Waals surface area contributed by atoms with Crippen molar-refractivity contribution in [3.63, 3.8) is 0 Å². The molecular formula is C16H15F4N3. The van der Waals surface area contributed by atoms with Crippen molar-refractivity contribution in [3.05, 3.63) is 58.4 Å². The lowest BCUT2D eigenvalue weighted by atomic mass is 9.97. The predicted molar refractivity (Wildman–Crippen MR) is 76.3 cm³/mol. The molecule has 7 heteroatoms. The molecular weight excluding hydrogens is 310 g/mol. The van der Waals surface area contributed by atoms with E-state index in [-0.39, 0.29) is 12.0 Å². The Balaban J connectivity index is 1.85. The molecule has 0 unspecified atom stereocenters. The molecule has 1 aromatic carbocycles. The summed E-state index contributed by atoms with van der Waals surface area (Å²) in [6, 6.07) is 2.81. The van der Waals surface area contributed by atoms with Gasteiger partial charge in [0, 0.05) is 12.2 Å². The number of alkyl halides is 3. The number of halogens is 4. The van der Waals surface area contributed by atoms with E-state index in [0.717, 1.165) is 36.0 Å². The molecule has 0 aliphatic carbocycles. The minimum atomic E-state index is -4.56. The van der Waals surface area contributed by atoms with Crippen LogP contribution in [0.25, 0.3) is 0 Å². The summed E-state index contributed by atoms with van der Waals surface area (Å²) in [7, 11) is 0. The van der Waals surface area contributed by atoms with Crippen LogP contribution in [0.5, 0.6) is 0 Å². The first-order chi connectivity index (χ1) is 10.9. The molecule has 2 heterocycles. The van der Waals surface area contributed by atoms with E-state index >= 15 is 0 Å². The van der Waals surface area contributed by atoms with Crippen molar-refractivity contribution < 1.29 is 17.6 Å². The molecule has 1 aliphatic rings. The average molecular weight is 325 g/mol. The van der Waals surface area contributed by atoms with Gasteiger partial charge in [-0.25, -0.2) is 14.4 Å². The number of hydrogen-bond acceptors (Lipinski definition) is 3. The summed E-state index contributed by atoms with van der Waals surface area (Å²) >= 11 is 0. The topological polar surface area (TPSA) is 37.8 Å². The Hall–Kier alpha value is -2.02. The fraction of sp³-hybridized carbons (Fsp3) is 0.375. The van der Waals surface area contributed by atoms with Crippen molar-refractivity contribution in [1.29, 1.82) is 0 Å². The first-order valence-electron chi connectivity index (χ1n) is 7.33. The van der Waals surface area contributed by atoms with Crippen molar-refractivity contribution in [3.8, 4) is 0 Å². The zero-order valence-electron chi connectivity index (χ0n) is 12.3. The Labute approximate surface area is 130 Å². The first-order valence-corrected chi connectivity index (χ1v) is 7.33. The number of hydrogen-bond donors (Lipinski definition) is 1. The van der Waals surface area contributed by atoms with E-state index in [1.807, 2.05) is 0 Å². The van der Waals surface area contributed by atoms with Crippen LogP contribution in [0.15, 0.2) is 24.5 Å². The molecule has 0 saturated heterocycles. The van der Waals surface area contributed by atoms with Crippen molar-refractivity contribution in [2.75, 3.05) is 6.54 Å². The molecule has 1 aliphatic heterocycles. The van der Waals surface area contributed by atoms with Crippen LogP contribution in [0, 0.1) is 5.82 Å². The number of fused-ring (bicyclic) bond motifs is 1. The quantitative estimate of drug-likeness (QED) is 0.882. The number of rotatable bonds is 3. The van der Waals surface area contributed by atoms with Gasteiger partial charge in [-0.2, -0.15) is 13.2 Å². The minimum Gasteiger partial charge on any atom is -0.311 e. The van der Waals surface area contributed by atoms with E-state index in [1.54, 1.807) is 0 Å². The van der Waals surface area contributed by atoms with Crippen molar-refractivity contribution in [1.82, 2.24) is 15.3 Å². The summed E-state index contributed by atoms with van der Waals surface area (Å²) in [5.41, 5.74) is 1.86. The van der Waals surface area contributed by atoms with Gasteiger partial charge in [0.2, 0.25) is 0 Å². The number of benzene rings is 1. The summed E-state index contributed by atoms with van der Waals surface area (Å²) in [6.07, 6.45) is -1.82. The van der Waals surface area contributed by atoms with Gasteiger partial charge < -0.3 is 5.32 Å². The Morgan fingerprint density at radius 3 is 2.74 bits per heavy atom. The van der Waals surface area contributed by atoms with Gasteiger partial charge in [-0.05, 0) is 49.1 Å². The molecule has 0 bridgehead atoms. The van der Waals surface area contributed by atoms with E-state index < -0.39 is 17.6 Å². The summed E-state index contributed by atoms with van der Waals surface area (Å²) < 4.78 is 52.2. The first kappa shape index (κ1) is 15.9. The summed E-state index contributed by atoms with van der Waals surface area (Å²) in [4.78, 5) is 8.42. The van der Waals surface area contributed by atoms with E-state index in [2.05, 4.69) is 15.3 Å². The lowest BCUT2D eigenvalue weighted by Crippen LogP contribution is -2.26. The molecule has 122 valence electrons. The van der Waals surface area contributed by atoms with Gasteiger partial charge in [0.15, 0.2) is 0 Å². The molecule has 1 N–H and O–H groups in total. The van der Waals surface area contributed by atoms with Crippen LogP contribution in [-0.4, -0.2) is 16.5 Å². The third-order valence-electron chi connectivity index (χ3n) is 3.98. The number of aryl methyl sites for hydroxylation is 2. The SMILES string of the molecule is Fc1ccc(CCc2ncnc3c2CCNC3)c(C(F)(F)F)c1. The van der Waals surface area contributed by atoms with E-state index in [4.69, 9.17) is 0 Å². The molecule has 0 saturated carbocycles. The van der Waals surface area contributed by atoms with Crippen LogP contribution in [0.4, 0.5) is 17.6 Å². The van der Waals surface area contributed by atoms with Crippen LogP contribution in [0.2, 0.25) is 0 Å². The van der Waals surface area contributed by atoms with Crippen LogP contribution in [0.3, 0.4) is 0 Å². The van der Waals surface area contributed by atoms with E-state index in [9.17, 15) is 17.6 Å². The maximum Gasteiger partial charge on any atom is 0.416 e. The van der Waals surface area contributed by atoms with E-state index in [0.29, 0.717) is 19.0 Å². The van der Waals surface area contributed by atoms with Gasteiger partial charge in [0.1, 0.15) is 12.1 Å². The highest BCUT2D eigenvalue weighted by molar-refractivity contribution is 5.33. The molecule has 3 nitrogen and oxygen atoms in total. The Morgan fingerprint density at radius 2 is 1.96 bits per heavy atom. The highest BCUT2D eigenvalue weighted by Crippen LogP contribution is 2.33. The lowest BCUT2D eigenvalue weighted by Gasteiger charge is -2.19. The Bertz CT molecular complexity index is 713. The van der Waals surface area contributed by atoms with Crippen LogP contribution < -0.4 is 5.32 Å². The predicted octanol–water partition coefficient (Wildman–Crippen LogP) is 3.07. The fourth-order valence-electron chi connectivity index (χ4n) is 2.85. The maximum atomic E-state index is 13.1. The van der Waals surface area contributed by atoms with Crippen LogP contribution in [0.1, 0.15) is 28.1 Å². The highest BCUT2D eigenvalue weighted by Gasteiger charge is 2.33. The number of nitrogens with zero attached hydrogens (tertiary/aromatic N) is 2. The molecule has 2 aromatic rings. The zero-order chi connectivity index (χ0) is 16.4.